The molecule has 2 aromatic rings. The standard InChI is InChI=1S/C17H22N4O3/c1-2-15-21-14(10-23-15)16(22)19-12-6-3-11(4-7-12)5-8-13-9-24-17(18)20-13/h3-4,6-7,10,13,16,19,22H,2,5,8-9H2,1H3,(H2,18,20). The van der Waals surface area contributed by atoms with Gasteiger partial charge in [-0.05, 0) is 30.5 Å². The highest BCUT2D eigenvalue weighted by Crippen LogP contribution is 2.19. The first kappa shape index (κ1) is 16.3. The SMILES string of the molecule is CCc1nc(C(O)Nc2ccc(CCC3COC(N)=N3)cc2)co1. The van der Waals surface area contributed by atoms with Crippen LogP contribution >= 0.6 is 0 Å². The van der Waals surface area contributed by atoms with Gasteiger partial charge in [-0.3, -0.25) is 0 Å². The first-order valence-corrected chi connectivity index (χ1v) is 8.08. The van der Waals surface area contributed by atoms with Gasteiger partial charge >= 0.3 is 0 Å². The van der Waals surface area contributed by atoms with E-state index >= 15 is 0 Å². The summed E-state index contributed by atoms with van der Waals surface area (Å²) in [6.45, 7) is 2.51. The minimum atomic E-state index is -0.896. The molecular formula is C17H22N4O3. The van der Waals surface area contributed by atoms with Crippen molar-refractivity contribution in [2.75, 3.05) is 11.9 Å². The van der Waals surface area contributed by atoms with Gasteiger partial charge < -0.3 is 25.3 Å². The number of nitrogens with one attached hydrogen (secondary N) is 1. The lowest BCUT2D eigenvalue weighted by molar-refractivity contribution is 0.203. The van der Waals surface area contributed by atoms with Crippen LogP contribution in [0.15, 0.2) is 39.9 Å². The zero-order valence-electron chi connectivity index (χ0n) is 13.6. The molecule has 0 bridgehead atoms. The molecule has 0 saturated carbocycles. The molecule has 2 heterocycles. The van der Waals surface area contributed by atoms with E-state index in [0.29, 0.717) is 24.6 Å². The molecule has 1 aliphatic rings. The summed E-state index contributed by atoms with van der Waals surface area (Å²) in [5.41, 5.74) is 8.00. The Morgan fingerprint density at radius 3 is 2.79 bits per heavy atom. The molecule has 2 atom stereocenters. The summed E-state index contributed by atoms with van der Waals surface area (Å²) in [6, 6.07) is 8.35. The number of anilines is 1. The third kappa shape index (κ3) is 4.05. The van der Waals surface area contributed by atoms with Gasteiger partial charge in [0.1, 0.15) is 18.6 Å². The van der Waals surface area contributed by atoms with Crippen molar-refractivity contribution in [3.8, 4) is 0 Å². The lowest BCUT2D eigenvalue weighted by atomic mass is 10.1. The first-order chi connectivity index (χ1) is 11.6. The van der Waals surface area contributed by atoms with Crippen molar-refractivity contribution in [3.63, 3.8) is 0 Å². The Labute approximate surface area is 140 Å². The maximum atomic E-state index is 10.1. The topological polar surface area (TPSA) is 106 Å². The number of nitrogens with two attached hydrogens (primary N) is 1. The highest BCUT2D eigenvalue weighted by atomic mass is 16.5. The number of ether oxygens (including phenoxy) is 1. The van der Waals surface area contributed by atoms with E-state index in [9.17, 15) is 5.11 Å². The summed E-state index contributed by atoms with van der Waals surface area (Å²) in [4.78, 5) is 8.42. The zero-order valence-corrected chi connectivity index (χ0v) is 13.6. The fourth-order valence-corrected chi connectivity index (χ4v) is 2.53. The number of aryl methyl sites for hydroxylation is 2. The highest BCUT2D eigenvalue weighted by Gasteiger charge is 2.16. The normalized spacial score (nSPS) is 18.1. The molecule has 7 heteroatoms. The third-order valence-electron chi connectivity index (χ3n) is 3.91. The molecule has 0 radical (unpaired) electrons. The average molecular weight is 330 g/mol. The molecule has 0 aliphatic carbocycles. The van der Waals surface area contributed by atoms with Crippen LogP contribution in [0.1, 0.15) is 36.7 Å². The van der Waals surface area contributed by atoms with Crippen LogP contribution in [0.2, 0.25) is 0 Å². The van der Waals surface area contributed by atoms with Crippen molar-refractivity contribution < 1.29 is 14.3 Å². The molecular weight excluding hydrogens is 308 g/mol. The van der Waals surface area contributed by atoms with Crippen molar-refractivity contribution in [1.29, 1.82) is 0 Å². The third-order valence-corrected chi connectivity index (χ3v) is 3.91. The number of nitrogens with zero attached hydrogens (tertiary/aromatic N) is 2. The van der Waals surface area contributed by atoms with Gasteiger partial charge in [0.05, 0.1) is 6.04 Å². The fraction of sp³-hybridized carbons (Fsp3) is 0.412. The van der Waals surface area contributed by atoms with Gasteiger partial charge in [-0.15, -0.1) is 0 Å². The Bertz CT molecular complexity index is 696. The van der Waals surface area contributed by atoms with Gasteiger partial charge in [0.25, 0.3) is 6.02 Å². The second-order valence-electron chi connectivity index (χ2n) is 5.73. The van der Waals surface area contributed by atoms with Crippen LogP contribution in [-0.2, 0) is 17.6 Å². The molecule has 1 aliphatic heterocycles. The summed E-state index contributed by atoms with van der Waals surface area (Å²) in [5.74, 6) is 0.611. The van der Waals surface area contributed by atoms with Crippen LogP contribution < -0.4 is 11.1 Å². The molecule has 1 aromatic carbocycles. The van der Waals surface area contributed by atoms with Crippen molar-refractivity contribution >= 4 is 11.7 Å². The maximum absolute atomic E-state index is 10.1. The van der Waals surface area contributed by atoms with Crippen LogP contribution in [0.25, 0.3) is 0 Å². The monoisotopic (exact) mass is 330 g/mol. The first-order valence-electron chi connectivity index (χ1n) is 8.08. The smallest absolute Gasteiger partial charge is 0.282 e. The van der Waals surface area contributed by atoms with Crippen molar-refractivity contribution in [3.05, 3.63) is 47.7 Å². The number of amidine groups is 1. The number of oxazole rings is 1. The Balaban J connectivity index is 1.52. The van der Waals surface area contributed by atoms with Crippen LogP contribution in [-0.4, -0.2) is 28.8 Å². The second kappa shape index (κ2) is 7.35. The van der Waals surface area contributed by atoms with E-state index in [1.54, 1.807) is 0 Å². The van der Waals surface area contributed by atoms with E-state index in [2.05, 4.69) is 15.3 Å². The summed E-state index contributed by atoms with van der Waals surface area (Å²) in [5, 5.41) is 13.2. The molecule has 7 nitrogen and oxygen atoms in total. The average Bonchev–Trinajstić information content (AvgIpc) is 3.23. The zero-order chi connectivity index (χ0) is 16.9. The van der Waals surface area contributed by atoms with Crippen LogP contribution in [0.3, 0.4) is 0 Å². The molecule has 4 N–H and O–H groups in total. The number of hydrogen-bond acceptors (Lipinski definition) is 7. The number of rotatable bonds is 7. The van der Waals surface area contributed by atoms with E-state index in [1.165, 1.54) is 11.8 Å². The van der Waals surface area contributed by atoms with Crippen LogP contribution in [0.4, 0.5) is 5.69 Å². The summed E-state index contributed by atoms with van der Waals surface area (Å²) < 4.78 is 10.4. The van der Waals surface area contributed by atoms with Crippen molar-refractivity contribution in [1.82, 2.24) is 4.98 Å². The Hall–Kier alpha value is -2.54. The van der Waals surface area contributed by atoms with Crippen molar-refractivity contribution in [2.45, 2.75) is 38.5 Å². The molecule has 2 unspecified atom stereocenters. The molecule has 128 valence electrons. The predicted molar refractivity (Wildman–Crippen MR) is 90.6 cm³/mol. The summed E-state index contributed by atoms with van der Waals surface area (Å²) in [6.07, 6.45) is 3.07. The molecule has 0 amide bonds. The molecule has 1 aromatic heterocycles. The summed E-state index contributed by atoms with van der Waals surface area (Å²) >= 11 is 0. The number of hydrogen-bond donors (Lipinski definition) is 3. The fourth-order valence-electron chi connectivity index (χ4n) is 2.53. The Kier molecular flexibility index (Phi) is 5.00. The maximum Gasteiger partial charge on any atom is 0.282 e. The van der Waals surface area contributed by atoms with Gasteiger partial charge in [-0.1, -0.05) is 19.1 Å². The minimum Gasteiger partial charge on any atom is -0.463 e. The number of aliphatic hydroxyl groups is 1. The van der Waals surface area contributed by atoms with Gasteiger partial charge in [-0.2, -0.15) is 0 Å². The highest BCUT2D eigenvalue weighted by molar-refractivity contribution is 5.73. The lowest BCUT2D eigenvalue weighted by Gasteiger charge is -2.12. The lowest BCUT2D eigenvalue weighted by Crippen LogP contribution is -2.11. The molecule has 0 saturated heterocycles. The van der Waals surface area contributed by atoms with E-state index in [1.807, 2.05) is 31.2 Å². The van der Waals surface area contributed by atoms with E-state index in [0.717, 1.165) is 18.5 Å². The molecule has 3 rings (SSSR count). The van der Waals surface area contributed by atoms with Gasteiger partial charge in [0.15, 0.2) is 12.1 Å². The minimum absolute atomic E-state index is 0.143. The summed E-state index contributed by atoms with van der Waals surface area (Å²) in [7, 11) is 0. The van der Waals surface area contributed by atoms with Gasteiger partial charge in [0, 0.05) is 12.1 Å². The van der Waals surface area contributed by atoms with E-state index in [4.69, 9.17) is 14.9 Å². The molecule has 24 heavy (non-hydrogen) atoms. The van der Waals surface area contributed by atoms with Crippen molar-refractivity contribution in [2.24, 2.45) is 10.7 Å². The van der Waals surface area contributed by atoms with E-state index in [-0.39, 0.29) is 12.1 Å². The quantitative estimate of drug-likeness (QED) is 0.670. The number of aliphatic hydroxyl groups excluding tert-OH is 1. The van der Waals surface area contributed by atoms with Crippen LogP contribution in [0.5, 0.6) is 0 Å². The van der Waals surface area contributed by atoms with Gasteiger partial charge in [0.2, 0.25) is 0 Å². The number of aromatic nitrogens is 1. The number of aliphatic imine (C=N–C) groups is 1. The van der Waals surface area contributed by atoms with Gasteiger partial charge in [-0.25, -0.2) is 9.98 Å². The predicted octanol–water partition coefficient (Wildman–Crippen LogP) is 1.99. The Morgan fingerprint density at radius 2 is 2.17 bits per heavy atom. The van der Waals surface area contributed by atoms with E-state index < -0.39 is 6.23 Å². The Morgan fingerprint density at radius 1 is 1.38 bits per heavy atom. The number of benzene rings is 1. The largest absolute Gasteiger partial charge is 0.463 e. The molecule has 0 fully saturated rings. The molecule has 0 spiro atoms. The van der Waals surface area contributed by atoms with Crippen LogP contribution in [0, 0.1) is 0 Å². The second-order valence-corrected chi connectivity index (χ2v) is 5.73.